The summed E-state index contributed by atoms with van der Waals surface area (Å²) in [5.41, 5.74) is 0.975. The predicted octanol–water partition coefficient (Wildman–Crippen LogP) is 2.47. The number of piperazine rings is 1. The highest BCUT2D eigenvalue weighted by Gasteiger charge is 2.26. The van der Waals surface area contributed by atoms with Crippen molar-refractivity contribution in [2.75, 3.05) is 19.6 Å². The first-order chi connectivity index (χ1) is 10.1. The Kier molecular flexibility index (Phi) is 4.37. The summed E-state index contributed by atoms with van der Waals surface area (Å²) in [6.45, 7) is 3.44. The van der Waals surface area contributed by atoms with Crippen LogP contribution in [0, 0.1) is 5.82 Å². The van der Waals surface area contributed by atoms with E-state index in [0.717, 1.165) is 42.0 Å². The summed E-state index contributed by atoms with van der Waals surface area (Å²) in [6, 6.07) is 5.26. The third-order valence-corrected chi connectivity index (χ3v) is 4.28. The zero-order valence-corrected chi connectivity index (χ0v) is 13.5. The van der Waals surface area contributed by atoms with Crippen molar-refractivity contribution in [1.82, 2.24) is 19.8 Å². The minimum absolute atomic E-state index is 0.206. The van der Waals surface area contributed by atoms with E-state index < -0.39 is 0 Å². The SMILES string of the molecule is Cn1ccnc1C1CNCCN1Cc1cc(F)cc(Br)c1. The topological polar surface area (TPSA) is 33.1 Å². The van der Waals surface area contributed by atoms with Gasteiger partial charge in [0, 0.05) is 50.1 Å². The lowest BCUT2D eigenvalue weighted by Crippen LogP contribution is -2.46. The number of nitrogens with one attached hydrogen (secondary N) is 1. The molecule has 21 heavy (non-hydrogen) atoms. The fourth-order valence-corrected chi connectivity index (χ4v) is 3.34. The monoisotopic (exact) mass is 352 g/mol. The molecule has 4 nitrogen and oxygen atoms in total. The average molecular weight is 353 g/mol. The summed E-state index contributed by atoms with van der Waals surface area (Å²) in [6.07, 6.45) is 3.78. The van der Waals surface area contributed by atoms with E-state index in [0.29, 0.717) is 0 Å². The molecule has 0 aliphatic carbocycles. The van der Waals surface area contributed by atoms with Crippen LogP contribution in [0.5, 0.6) is 0 Å². The number of halogens is 2. The number of hydrogen-bond donors (Lipinski definition) is 1. The molecule has 3 rings (SSSR count). The Bertz CT molecular complexity index is 608. The third kappa shape index (κ3) is 3.33. The largest absolute Gasteiger partial charge is 0.337 e. The molecule has 112 valence electrons. The second kappa shape index (κ2) is 6.25. The third-order valence-electron chi connectivity index (χ3n) is 3.82. The highest BCUT2D eigenvalue weighted by molar-refractivity contribution is 9.10. The molecule has 1 aliphatic rings. The molecule has 0 bridgehead atoms. The number of aromatic nitrogens is 2. The summed E-state index contributed by atoms with van der Waals surface area (Å²) in [7, 11) is 2.01. The van der Waals surface area contributed by atoms with Gasteiger partial charge in [0.05, 0.1) is 6.04 Å². The molecule has 1 aromatic heterocycles. The minimum atomic E-state index is -0.206. The Hall–Kier alpha value is -1.24. The van der Waals surface area contributed by atoms with Crippen LogP contribution in [0.2, 0.25) is 0 Å². The summed E-state index contributed by atoms with van der Waals surface area (Å²) in [5.74, 6) is 0.834. The second-order valence-electron chi connectivity index (χ2n) is 5.36. The lowest BCUT2D eigenvalue weighted by atomic mass is 10.1. The molecule has 1 saturated heterocycles. The van der Waals surface area contributed by atoms with Gasteiger partial charge < -0.3 is 9.88 Å². The smallest absolute Gasteiger partial charge is 0.127 e. The van der Waals surface area contributed by atoms with Gasteiger partial charge in [-0.1, -0.05) is 15.9 Å². The maximum absolute atomic E-state index is 13.5. The molecule has 0 spiro atoms. The standard InChI is InChI=1S/C15H18BrFN4/c1-20-4-3-19-15(20)14-9-18-2-5-21(14)10-11-6-12(16)8-13(17)7-11/h3-4,6-8,14,18H,2,5,9-10H2,1H3. The Labute approximate surface area is 132 Å². The average Bonchev–Trinajstić information content (AvgIpc) is 2.84. The molecule has 0 radical (unpaired) electrons. The van der Waals surface area contributed by atoms with Gasteiger partial charge in [0.25, 0.3) is 0 Å². The van der Waals surface area contributed by atoms with Crippen LogP contribution >= 0.6 is 15.9 Å². The molecule has 0 amide bonds. The van der Waals surface area contributed by atoms with Gasteiger partial charge in [-0.2, -0.15) is 0 Å². The van der Waals surface area contributed by atoms with E-state index in [9.17, 15) is 4.39 Å². The molecule has 1 aromatic carbocycles. The van der Waals surface area contributed by atoms with Crippen molar-refractivity contribution in [3.63, 3.8) is 0 Å². The first-order valence-electron chi connectivity index (χ1n) is 7.00. The van der Waals surface area contributed by atoms with Gasteiger partial charge in [-0.05, 0) is 23.8 Å². The van der Waals surface area contributed by atoms with Crippen LogP contribution in [0.15, 0.2) is 35.1 Å². The van der Waals surface area contributed by atoms with Gasteiger partial charge in [0.15, 0.2) is 0 Å². The Morgan fingerprint density at radius 2 is 2.29 bits per heavy atom. The Morgan fingerprint density at radius 1 is 1.43 bits per heavy atom. The van der Waals surface area contributed by atoms with E-state index in [1.54, 1.807) is 6.07 Å². The Balaban J connectivity index is 1.83. The first kappa shape index (κ1) is 14.7. The second-order valence-corrected chi connectivity index (χ2v) is 6.28. The number of nitrogens with zero attached hydrogens (tertiary/aromatic N) is 3. The van der Waals surface area contributed by atoms with Crippen LogP contribution in [0.1, 0.15) is 17.4 Å². The number of aryl methyl sites for hydroxylation is 1. The van der Waals surface area contributed by atoms with Crippen molar-refractivity contribution >= 4 is 15.9 Å². The van der Waals surface area contributed by atoms with E-state index in [1.807, 2.05) is 30.1 Å². The minimum Gasteiger partial charge on any atom is -0.337 e. The predicted molar refractivity (Wildman–Crippen MR) is 83.3 cm³/mol. The number of hydrogen-bond acceptors (Lipinski definition) is 3. The van der Waals surface area contributed by atoms with Crippen molar-refractivity contribution in [1.29, 1.82) is 0 Å². The first-order valence-corrected chi connectivity index (χ1v) is 7.80. The highest BCUT2D eigenvalue weighted by atomic mass is 79.9. The van der Waals surface area contributed by atoms with Crippen LogP contribution in [0.3, 0.4) is 0 Å². The van der Waals surface area contributed by atoms with E-state index in [-0.39, 0.29) is 11.9 Å². The van der Waals surface area contributed by atoms with Crippen molar-refractivity contribution in [2.24, 2.45) is 7.05 Å². The molecule has 2 aromatic rings. The van der Waals surface area contributed by atoms with Crippen molar-refractivity contribution in [3.05, 3.63) is 52.3 Å². The lowest BCUT2D eigenvalue weighted by molar-refractivity contribution is 0.144. The van der Waals surface area contributed by atoms with Crippen LogP contribution < -0.4 is 5.32 Å². The van der Waals surface area contributed by atoms with E-state index in [4.69, 9.17) is 0 Å². The zero-order valence-electron chi connectivity index (χ0n) is 11.9. The molecule has 6 heteroatoms. The van der Waals surface area contributed by atoms with Gasteiger partial charge in [-0.3, -0.25) is 4.90 Å². The van der Waals surface area contributed by atoms with Gasteiger partial charge in [0.2, 0.25) is 0 Å². The van der Waals surface area contributed by atoms with Crippen molar-refractivity contribution in [2.45, 2.75) is 12.6 Å². The number of rotatable bonds is 3. The van der Waals surface area contributed by atoms with Crippen molar-refractivity contribution < 1.29 is 4.39 Å². The number of imidazole rings is 1. The summed E-state index contributed by atoms with van der Waals surface area (Å²) < 4.78 is 16.4. The quantitative estimate of drug-likeness (QED) is 0.920. The van der Waals surface area contributed by atoms with Crippen LogP contribution in [0.4, 0.5) is 4.39 Å². The fraction of sp³-hybridized carbons (Fsp3) is 0.400. The normalized spacial score (nSPS) is 19.9. The lowest BCUT2D eigenvalue weighted by Gasteiger charge is -2.35. The Morgan fingerprint density at radius 3 is 3.00 bits per heavy atom. The van der Waals surface area contributed by atoms with Crippen LogP contribution in [-0.4, -0.2) is 34.1 Å². The molecule has 1 atom stereocenters. The van der Waals surface area contributed by atoms with Gasteiger partial charge in [-0.15, -0.1) is 0 Å². The maximum atomic E-state index is 13.5. The molecule has 1 unspecified atom stereocenters. The van der Waals surface area contributed by atoms with E-state index in [1.165, 1.54) is 6.07 Å². The summed E-state index contributed by atoms with van der Waals surface area (Å²) in [4.78, 5) is 6.81. The maximum Gasteiger partial charge on any atom is 0.127 e. The molecular formula is C15H18BrFN4. The molecule has 1 N–H and O–H groups in total. The van der Waals surface area contributed by atoms with Crippen LogP contribution in [-0.2, 0) is 13.6 Å². The van der Waals surface area contributed by atoms with Gasteiger partial charge in [-0.25, -0.2) is 9.37 Å². The summed E-state index contributed by atoms with van der Waals surface area (Å²) >= 11 is 3.36. The molecule has 0 saturated carbocycles. The van der Waals surface area contributed by atoms with Crippen molar-refractivity contribution in [3.8, 4) is 0 Å². The fourth-order valence-electron chi connectivity index (χ4n) is 2.83. The highest BCUT2D eigenvalue weighted by Crippen LogP contribution is 2.24. The summed E-state index contributed by atoms with van der Waals surface area (Å²) in [5, 5.41) is 3.41. The number of benzene rings is 1. The molecule has 1 fully saturated rings. The molecular weight excluding hydrogens is 335 g/mol. The van der Waals surface area contributed by atoms with E-state index >= 15 is 0 Å². The van der Waals surface area contributed by atoms with Gasteiger partial charge in [0.1, 0.15) is 11.6 Å². The van der Waals surface area contributed by atoms with Crippen LogP contribution in [0.25, 0.3) is 0 Å². The molecule has 1 aliphatic heterocycles. The molecule has 2 heterocycles. The zero-order chi connectivity index (χ0) is 14.8. The van der Waals surface area contributed by atoms with E-state index in [2.05, 4.69) is 31.1 Å². The van der Waals surface area contributed by atoms with Gasteiger partial charge >= 0.3 is 0 Å².